The number of sulfonamides is 1. The number of benzene rings is 1. The van der Waals surface area contributed by atoms with Gasteiger partial charge in [0.25, 0.3) is 10.0 Å². The van der Waals surface area contributed by atoms with Crippen molar-refractivity contribution in [2.45, 2.75) is 30.0 Å². The number of carbonyl (C=O) groups is 1. The molecule has 0 saturated carbocycles. The average Bonchev–Trinajstić information content (AvgIpc) is 3.03. The number of hydrogen-bond donors (Lipinski definition) is 2. The number of hydrogen-bond acceptors (Lipinski definition) is 4. The molecule has 1 aliphatic rings. The molecule has 0 amide bonds. The molecule has 0 spiro atoms. The first-order valence-corrected chi connectivity index (χ1v) is 9.12. The minimum absolute atomic E-state index is 0.0479. The number of fused-ring (bicyclic) bond motifs is 1. The fraction of sp³-hybridized carbons (Fsp3) is 0.267. The molecule has 0 aliphatic heterocycles. The van der Waals surface area contributed by atoms with E-state index in [1.54, 1.807) is 6.92 Å². The Morgan fingerprint density at radius 3 is 2.77 bits per heavy atom. The molecule has 1 heterocycles. The summed E-state index contributed by atoms with van der Waals surface area (Å²) in [5, 5.41) is 9.05. The maximum atomic E-state index is 12.5. The molecule has 1 atom stereocenters. The summed E-state index contributed by atoms with van der Waals surface area (Å²) < 4.78 is 27.7. The zero-order valence-corrected chi connectivity index (χ0v) is 13.5. The lowest BCUT2D eigenvalue weighted by Gasteiger charge is -2.13. The van der Waals surface area contributed by atoms with Crippen molar-refractivity contribution in [1.82, 2.24) is 4.72 Å². The summed E-state index contributed by atoms with van der Waals surface area (Å²) in [5.41, 5.74) is 2.62. The van der Waals surface area contributed by atoms with Gasteiger partial charge in [-0.15, -0.1) is 11.3 Å². The van der Waals surface area contributed by atoms with Gasteiger partial charge in [-0.1, -0.05) is 24.3 Å². The lowest BCUT2D eigenvalue weighted by Crippen LogP contribution is -2.26. The van der Waals surface area contributed by atoms with Crippen molar-refractivity contribution in [3.8, 4) is 0 Å². The first-order chi connectivity index (χ1) is 10.4. The van der Waals surface area contributed by atoms with Crippen molar-refractivity contribution >= 4 is 27.3 Å². The third-order valence-corrected chi connectivity index (χ3v) is 6.95. The molecular formula is C15H15NO4S2. The van der Waals surface area contributed by atoms with E-state index in [2.05, 4.69) is 4.72 Å². The van der Waals surface area contributed by atoms with Crippen LogP contribution in [0.1, 0.15) is 38.8 Å². The SMILES string of the molecule is Cc1cc(S(=O)(=O)NC2CCc3ccccc32)sc1C(=O)O. The minimum Gasteiger partial charge on any atom is -0.477 e. The zero-order chi connectivity index (χ0) is 15.9. The summed E-state index contributed by atoms with van der Waals surface area (Å²) in [6.07, 6.45) is 1.56. The van der Waals surface area contributed by atoms with E-state index in [-0.39, 0.29) is 15.1 Å². The van der Waals surface area contributed by atoms with Crippen LogP contribution < -0.4 is 4.72 Å². The lowest BCUT2D eigenvalue weighted by atomic mass is 10.1. The van der Waals surface area contributed by atoms with E-state index >= 15 is 0 Å². The highest BCUT2D eigenvalue weighted by atomic mass is 32.2. The second-order valence-corrected chi connectivity index (χ2v) is 8.29. The Hall–Kier alpha value is -1.70. The molecule has 0 radical (unpaired) electrons. The molecule has 22 heavy (non-hydrogen) atoms. The van der Waals surface area contributed by atoms with Crippen LogP contribution in [0.15, 0.2) is 34.5 Å². The quantitative estimate of drug-likeness (QED) is 0.898. The highest BCUT2D eigenvalue weighted by molar-refractivity contribution is 7.91. The number of carboxylic acids is 1. The molecule has 7 heteroatoms. The van der Waals surface area contributed by atoms with Gasteiger partial charge in [-0.25, -0.2) is 17.9 Å². The molecule has 1 aromatic heterocycles. The van der Waals surface area contributed by atoms with Gasteiger partial charge in [0.2, 0.25) is 0 Å². The van der Waals surface area contributed by atoms with Gasteiger partial charge in [-0.05, 0) is 42.5 Å². The standard InChI is InChI=1S/C15H15NO4S2/c1-9-8-13(21-14(9)15(17)18)22(19,20)16-12-7-6-10-4-2-3-5-11(10)12/h2-5,8,12,16H,6-7H2,1H3,(H,17,18). The van der Waals surface area contributed by atoms with Gasteiger partial charge in [0, 0.05) is 6.04 Å². The number of rotatable bonds is 4. The highest BCUT2D eigenvalue weighted by Crippen LogP contribution is 2.33. The number of aromatic carboxylic acids is 1. The molecule has 116 valence electrons. The Kier molecular flexibility index (Phi) is 3.80. The monoisotopic (exact) mass is 337 g/mol. The van der Waals surface area contributed by atoms with Gasteiger partial charge in [0.05, 0.1) is 0 Å². The van der Waals surface area contributed by atoms with E-state index in [1.165, 1.54) is 6.07 Å². The van der Waals surface area contributed by atoms with Gasteiger partial charge < -0.3 is 5.11 Å². The second kappa shape index (κ2) is 5.49. The Bertz CT molecular complexity index is 839. The minimum atomic E-state index is -3.72. The summed E-state index contributed by atoms with van der Waals surface area (Å²) in [7, 11) is -3.72. The van der Waals surface area contributed by atoms with E-state index in [9.17, 15) is 13.2 Å². The zero-order valence-electron chi connectivity index (χ0n) is 11.9. The molecule has 0 bridgehead atoms. The molecule has 0 fully saturated rings. The fourth-order valence-corrected chi connectivity index (χ4v) is 5.37. The first kappa shape index (κ1) is 15.2. The van der Waals surface area contributed by atoms with Crippen LogP contribution in [-0.2, 0) is 16.4 Å². The van der Waals surface area contributed by atoms with Gasteiger partial charge in [0.15, 0.2) is 0 Å². The molecule has 0 saturated heterocycles. The fourth-order valence-electron chi connectivity index (χ4n) is 2.72. The van der Waals surface area contributed by atoms with E-state index in [0.29, 0.717) is 12.0 Å². The number of nitrogens with one attached hydrogen (secondary N) is 1. The third-order valence-electron chi connectivity index (χ3n) is 3.78. The normalized spacial score (nSPS) is 17.4. The van der Waals surface area contributed by atoms with Crippen molar-refractivity contribution < 1.29 is 18.3 Å². The van der Waals surface area contributed by atoms with Crippen LogP contribution in [0, 0.1) is 6.92 Å². The predicted octanol–water partition coefficient (Wildman–Crippen LogP) is 2.72. The van der Waals surface area contributed by atoms with Crippen LogP contribution in [0.3, 0.4) is 0 Å². The largest absolute Gasteiger partial charge is 0.477 e. The van der Waals surface area contributed by atoms with Crippen molar-refractivity contribution in [3.63, 3.8) is 0 Å². The smallest absolute Gasteiger partial charge is 0.346 e. The number of thiophene rings is 1. The molecular weight excluding hydrogens is 322 g/mol. The van der Waals surface area contributed by atoms with Crippen LogP contribution in [0.25, 0.3) is 0 Å². The Morgan fingerprint density at radius 2 is 2.09 bits per heavy atom. The predicted molar refractivity (Wildman–Crippen MR) is 83.8 cm³/mol. The summed E-state index contributed by atoms with van der Waals surface area (Å²) >= 11 is 0.789. The average molecular weight is 337 g/mol. The topological polar surface area (TPSA) is 83.5 Å². The van der Waals surface area contributed by atoms with Gasteiger partial charge in [-0.3, -0.25) is 0 Å². The van der Waals surface area contributed by atoms with E-state index < -0.39 is 16.0 Å². The van der Waals surface area contributed by atoms with E-state index in [1.807, 2.05) is 24.3 Å². The summed E-state index contributed by atoms with van der Waals surface area (Å²) in [4.78, 5) is 11.1. The van der Waals surface area contributed by atoms with Crippen LogP contribution in [0.2, 0.25) is 0 Å². The molecule has 1 aliphatic carbocycles. The molecule has 2 aromatic rings. The van der Waals surface area contributed by atoms with E-state index in [0.717, 1.165) is 28.9 Å². The Balaban J connectivity index is 1.89. The highest BCUT2D eigenvalue weighted by Gasteiger charge is 2.29. The third kappa shape index (κ3) is 2.67. The second-order valence-electron chi connectivity index (χ2n) is 5.29. The summed E-state index contributed by atoms with van der Waals surface area (Å²) in [6, 6.07) is 8.93. The van der Waals surface area contributed by atoms with Crippen LogP contribution in [0.5, 0.6) is 0 Å². The van der Waals surface area contributed by atoms with Crippen molar-refractivity contribution in [2.24, 2.45) is 0 Å². The van der Waals surface area contributed by atoms with Gasteiger partial charge in [0.1, 0.15) is 9.09 Å². The summed E-state index contributed by atoms with van der Waals surface area (Å²) in [5.74, 6) is -1.10. The molecule has 1 unspecified atom stereocenters. The Labute approximate surface area is 132 Å². The van der Waals surface area contributed by atoms with E-state index in [4.69, 9.17) is 5.11 Å². The van der Waals surface area contributed by atoms with Crippen LogP contribution >= 0.6 is 11.3 Å². The maximum absolute atomic E-state index is 12.5. The van der Waals surface area contributed by atoms with Crippen LogP contribution in [-0.4, -0.2) is 19.5 Å². The van der Waals surface area contributed by atoms with Gasteiger partial charge >= 0.3 is 5.97 Å². The molecule has 2 N–H and O–H groups in total. The van der Waals surface area contributed by atoms with Crippen molar-refractivity contribution in [3.05, 3.63) is 51.9 Å². The molecule has 5 nitrogen and oxygen atoms in total. The maximum Gasteiger partial charge on any atom is 0.346 e. The first-order valence-electron chi connectivity index (χ1n) is 6.82. The summed E-state index contributed by atoms with van der Waals surface area (Å²) in [6.45, 7) is 1.60. The van der Waals surface area contributed by atoms with Crippen molar-refractivity contribution in [1.29, 1.82) is 0 Å². The Morgan fingerprint density at radius 1 is 1.36 bits per heavy atom. The lowest BCUT2D eigenvalue weighted by molar-refractivity contribution is 0.0701. The molecule has 1 aromatic carbocycles. The number of aryl methyl sites for hydroxylation is 2. The van der Waals surface area contributed by atoms with Gasteiger partial charge in [-0.2, -0.15) is 0 Å². The van der Waals surface area contributed by atoms with Crippen LogP contribution in [0.4, 0.5) is 0 Å². The van der Waals surface area contributed by atoms with Crippen molar-refractivity contribution in [2.75, 3.05) is 0 Å². The number of carboxylic acid groups (broad SMARTS) is 1. The molecule has 3 rings (SSSR count).